The van der Waals surface area contributed by atoms with Crippen molar-refractivity contribution in [1.82, 2.24) is 10.6 Å². The van der Waals surface area contributed by atoms with E-state index in [0.717, 1.165) is 25.2 Å². The summed E-state index contributed by atoms with van der Waals surface area (Å²) in [5.41, 5.74) is 0.856. The Morgan fingerprint density at radius 1 is 1.44 bits per heavy atom. The smallest absolute Gasteiger partial charge is 0.288 e. The quantitative estimate of drug-likeness (QED) is 0.608. The first-order valence-electron chi connectivity index (χ1n) is 5.06. The van der Waals surface area contributed by atoms with Gasteiger partial charge < -0.3 is 10.6 Å². The molecular formula is C10H12ClN3O2. The highest BCUT2D eigenvalue weighted by molar-refractivity contribution is 6.32. The minimum absolute atomic E-state index is 0.0356. The summed E-state index contributed by atoms with van der Waals surface area (Å²) in [4.78, 5) is 10.3. The van der Waals surface area contributed by atoms with E-state index in [1.807, 2.05) is 6.07 Å². The second-order valence-corrected chi connectivity index (χ2v) is 4.09. The Morgan fingerprint density at radius 2 is 2.25 bits per heavy atom. The molecule has 0 saturated carbocycles. The van der Waals surface area contributed by atoms with Crippen LogP contribution in [0.1, 0.15) is 11.6 Å². The summed E-state index contributed by atoms with van der Waals surface area (Å²) in [5, 5.41) is 17.4. The van der Waals surface area contributed by atoms with Gasteiger partial charge >= 0.3 is 0 Å². The largest absolute Gasteiger partial charge is 0.314 e. The van der Waals surface area contributed by atoms with Gasteiger partial charge in [-0.05, 0) is 11.6 Å². The molecule has 1 aromatic rings. The summed E-state index contributed by atoms with van der Waals surface area (Å²) in [6.07, 6.45) is 0. The number of piperazine rings is 1. The number of halogens is 1. The molecule has 6 heteroatoms. The number of nitro groups is 1. The van der Waals surface area contributed by atoms with Gasteiger partial charge in [-0.1, -0.05) is 17.7 Å². The lowest BCUT2D eigenvalue weighted by molar-refractivity contribution is -0.384. The van der Waals surface area contributed by atoms with E-state index in [9.17, 15) is 10.1 Å². The van der Waals surface area contributed by atoms with Gasteiger partial charge in [0.1, 0.15) is 5.02 Å². The van der Waals surface area contributed by atoms with E-state index in [4.69, 9.17) is 11.6 Å². The van der Waals surface area contributed by atoms with Gasteiger partial charge in [0.15, 0.2) is 0 Å². The van der Waals surface area contributed by atoms with Crippen LogP contribution < -0.4 is 10.6 Å². The molecule has 1 fully saturated rings. The van der Waals surface area contributed by atoms with E-state index in [1.165, 1.54) is 6.07 Å². The third-order valence-corrected chi connectivity index (χ3v) is 2.93. The van der Waals surface area contributed by atoms with Crippen molar-refractivity contribution in [2.24, 2.45) is 0 Å². The third-order valence-electron chi connectivity index (χ3n) is 2.61. The van der Waals surface area contributed by atoms with Crippen LogP contribution in [0.5, 0.6) is 0 Å². The van der Waals surface area contributed by atoms with Crippen molar-refractivity contribution >= 4 is 17.3 Å². The number of nitro benzene ring substituents is 1. The summed E-state index contributed by atoms with van der Waals surface area (Å²) in [5.74, 6) is 0. The van der Waals surface area contributed by atoms with E-state index in [1.54, 1.807) is 6.07 Å². The van der Waals surface area contributed by atoms with Crippen molar-refractivity contribution in [2.45, 2.75) is 6.04 Å². The molecule has 86 valence electrons. The van der Waals surface area contributed by atoms with Gasteiger partial charge in [0.25, 0.3) is 5.69 Å². The molecule has 1 saturated heterocycles. The van der Waals surface area contributed by atoms with Crippen molar-refractivity contribution in [1.29, 1.82) is 0 Å². The molecule has 0 spiro atoms. The van der Waals surface area contributed by atoms with Gasteiger partial charge in [-0.3, -0.25) is 10.1 Å². The highest BCUT2D eigenvalue weighted by atomic mass is 35.5. The van der Waals surface area contributed by atoms with Crippen LogP contribution in [-0.4, -0.2) is 24.6 Å². The van der Waals surface area contributed by atoms with E-state index in [-0.39, 0.29) is 16.8 Å². The van der Waals surface area contributed by atoms with Gasteiger partial charge in [-0.15, -0.1) is 0 Å². The van der Waals surface area contributed by atoms with Crippen LogP contribution in [0, 0.1) is 10.1 Å². The van der Waals surface area contributed by atoms with Crippen LogP contribution in [-0.2, 0) is 0 Å². The first-order valence-corrected chi connectivity index (χ1v) is 5.44. The predicted octanol–water partition coefficient (Wildman–Crippen LogP) is 1.48. The summed E-state index contributed by atoms with van der Waals surface area (Å²) in [7, 11) is 0. The van der Waals surface area contributed by atoms with Crippen molar-refractivity contribution in [3.05, 3.63) is 38.9 Å². The van der Waals surface area contributed by atoms with Gasteiger partial charge in [0.05, 0.1) is 4.92 Å². The Labute approximate surface area is 97.9 Å². The Hall–Kier alpha value is -1.17. The normalized spacial score (nSPS) is 20.7. The SMILES string of the molecule is O=[N+]([O-])c1cc([C@@H]2CNCCN2)ccc1Cl. The lowest BCUT2D eigenvalue weighted by Crippen LogP contribution is -2.42. The van der Waals surface area contributed by atoms with E-state index < -0.39 is 4.92 Å². The fourth-order valence-corrected chi connectivity index (χ4v) is 1.96. The summed E-state index contributed by atoms with van der Waals surface area (Å²) >= 11 is 5.75. The highest BCUT2D eigenvalue weighted by Crippen LogP contribution is 2.27. The molecule has 1 heterocycles. The molecule has 5 nitrogen and oxygen atoms in total. The van der Waals surface area contributed by atoms with E-state index >= 15 is 0 Å². The molecule has 0 radical (unpaired) electrons. The highest BCUT2D eigenvalue weighted by Gasteiger charge is 2.19. The van der Waals surface area contributed by atoms with Gasteiger partial charge in [0, 0.05) is 31.7 Å². The Bertz CT molecular complexity index is 405. The summed E-state index contributed by atoms with van der Waals surface area (Å²) in [6, 6.07) is 5.04. The average Bonchev–Trinajstić information content (AvgIpc) is 2.30. The van der Waals surface area contributed by atoms with Crippen LogP contribution in [0.15, 0.2) is 18.2 Å². The summed E-state index contributed by atoms with van der Waals surface area (Å²) in [6.45, 7) is 2.56. The minimum Gasteiger partial charge on any atom is -0.314 e. The van der Waals surface area contributed by atoms with Crippen LogP contribution in [0.2, 0.25) is 5.02 Å². The molecule has 1 aliphatic rings. The van der Waals surface area contributed by atoms with Crippen molar-refractivity contribution in [3.8, 4) is 0 Å². The van der Waals surface area contributed by atoms with Crippen LogP contribution in [0.25, 0.3) is 0 Å². The predicted molar refractivity (Wildman–Crippen MR) is 61.7 cm³/mol. The molecule has 1 aliphatic heterocycles. The Kier molecular flexibility index (Phi) is 3.38. The van der Waals surface area contributed by atoms with Crippen LogP contribution >= 0.6 is 11.6 Å². The maximum atomic E-state index is 10.7. The third kappa shape index (κ3) is 2.32. The number of hydrogen-bond acceptors (Lipinski definition) is 4. The average molecular weight is 242 g/mol. The van der Waals surface area contributed by atoms with Crippen molar-refractivity contribution < 1.29 is 4.92 Å². The lowest BCUT2D eigenvalue weighted by atomic mass is 10.0. The first-order chi connectivity index (χ1) is 7.68. The maximum Gasteiger partial charge on any atom is 0.288 e. The topological polar surface area (TPSA) is 67.2 Å². The molecule has 2 N–H and O–H groups in total. The zero-order valence-electron chi connectivity index (χ0n) is 8.57. The number of nitrogens with one attached hydrogen (secondary N) is 2. The van der Waals surface area contributed by atoms with Crippen LogP contribution in [0.3, 0.4) is 0 Å². The number of nitrogens with zero attached hydrogens (tertiary/aromatic N) is 1. The second-order valence-electron chi connectivity index (χ2n) is 3.68. The second kappa shape index (κ2) is 4.78. The molecule has 0 aromatic heterocycles. The molecule has 16 heavy (non-hydrogen) atoms. The number of rotatable bonds is 2. The molecule has 0 bridgehead atoms. The lowest BCUT2D eigenvalue weighted by Gasteiger charge is -2.24. The van der Waals surface area contributed by atoms with E-state index in [0.29, 0.717) is 0 Å². The van der Waals surface area contributed by atoms with Gasteiger partial charge in [-0.2, -0.15) is 0 Å². The Morgan fingerprint density at radius 3 is 2.88 bits per heavy atom. The van der Waals surface area contributed by atoms with Gasteiger partial charge in [-0.25, -0.2) is 0 Å². The fourth-order valence-electron chi connectivity index (χ4n) is 1.78. The standard InChI is InChI=1S/C10H12ClN3O2/c11-8-2-1-7(5-10(8)14(15)16)9-6-12-3-4-13-9/h1-2,5,9,12-13H,3-4,6H2/t9-/m0/s1. The number of benzene rings is 1. The van der Waals surface area contributed by atoms with Crippen LogP contribution in [0.4, 0.5) is 5.69 Å². The maximum absolute atomic E-state index is 10.7. The minimum atomic E-state index is -0.456. The molecule has 2 rings (SSSR count). The molecular weight excluding hydrogens is 230 g/mol. The Balaban J connectivity index is 2.27. The van der Waals surface area contributed by atoms with Crippen molar-refractivity contribution in [2.75, 3.05) is 19.6 Å². The molecule has 0 aliphatic carbocycles. The monoisotopic (exact) mass is 241 g/mol. The molecule has 0 unspecified atom stereocenters. The fraction of sp³-hybridized carbons (Fsp3) is 0.400. The van der Waals surface area contributed by atoms with E-state index in [2.05, 4.69) is 10.6 Å². The van der Waals surface area contributed by atoms with Crippen molar-refractivity contribution in [3.63, 3.8) is 0 Å². The molecule has 0 amide bonds. The summed E-state index contributed by atoms with van der Waals surface area (Å²) < 4.78 is 0. The van der Waals surface area contributed by atoms with Gasteiger partial charge in [0.2, 0.25) is 0 Å². The molecule has 1 atom stereocenters. The first kappa shape index (κ1) is 11.3. The molecule has 1 aromatic carbocycles. The zero-order valence-corrected chi connectivity index (χ0v) is 9.33. The number of hydrogen-bond donors (Lipinski definition) is 2. The zero-order chi connectivity index (χ0) is 11.5.